The summed E-state index contributed by atoms with van der Waals surface area (Å²) in [5, 5.41) is 4.15. The molecule has 0 saturated heterocycles. The first-order chi connectivity index (χ1) is 9.92. The Kier molecular flexibility index (Phi) is 2.12. The van der Waals surface area contributed by atoms with Crippen LogP contribution in [0.4, 0.5) is 0 Å². The molecule has 1 aliphatic heterocycles. The van der Waals surface area contributed by atoms with Crippen LogP contribution in [0.2, 0.25) is 0 Å². The largest absolute Gasteiger partial charge is 0.134 e. The molecule has 0 amide bonds. The highest BCUT2D eigenvalue weighted by Crippen LogP contribution is 2.53. The lowest BCUT2D eigenvalue weighted by atomic mass is 10.0. The predicted octanol–water partition coefficient (Wildman–Crippen LogP) is 6.19. The molecule has 0 atom stereocenters. The summed E-state index contributed by atoms with van der Waals surface area (Å²) in [4.78, 5) is 4.24. The standard InChI is InChI=1S/C18H10S2/c1-2-9-14-12(7-1)17-18(19-14)13-8-3-5-11-6-4-10-15(20-17)16(11)13/h1-10H. The number of thiophene rings is 1. The van der Waals surface area contributed by atoms with E-state index in [4.69, 9.17) is 0 Å². The maximum Gasteiger partial charge on any atom is 0.0501 e. The van der Waals surface area contributed by atoms with Crippen LogP contribution in [0.1, 0.15) is 0 Å². The summed E-state index contributed by atoms with van der Waals surface area (Å²) in [6.07, 6.45) is 0. The van der Waals surface area contributed by atoms with Crippen LogP contribution in [0.5, 0.6) is 0 Å². The molecule has 4 aromatic rings. The van der Waals surface area contributed by atoms with Crippen molar-refractivity contribution < 1.29 is 0 Å². The van der Waals surface area contributed by atoms with Crippen molar-refractivity contribution >= 4 is 44.0 Å². The monoisotopic (exact) mass is 290 g/mol. The summed E-state index contributed by atoms with van der Waals surface area (Å²) in [5.41, 5.74) is 1.40. The van der Waals surface area contributed by atoms with E-state index in [1.54, 1.807) is 0 Å². The highest BCUT2D eigenvalue weighted by atomic mass is 32.2. The van der Waals surface area contributed by atoms with Gasteiger partial charge in [-0.1, -0.05) is 60.3 Å². The Morgan fingerprint density at radius 2 is 1.60 bits per heavy atom. The molecule has 0 bridgehead atoms. The minimum atomic E-state index is 1.34. The van der Waals surface area contributed by atoms with Crippen molar-refractivity contribution in [2.24, 2.45) is 0 Å². The zero-order chi connectivity index (χ0) is 13.1. The molecular formula is C18H10S2. The normalized spacial score (nSPS) is 12.8. The molecule has 0 N–H and O–H groups in total. The van der Waals surface area contributed by atoms with E-state index in [-0.39, 0.29) is 0 Å². The minimum Gasteiger partial charge on any atom is -0.134 e. The molecule has 2 heterocycles. The second-order valence-corrected chi connectivity index (χ2v) is 7.12. The Morgan fingerprint density at radius 3 is 2.55 bits per heavy atom. The fourth-order valence-corrected chi connectivity index (χ4v) is 5.62. The van der Waals surface area contributed by atoms with Crippen LogP contribution in [-0.2, 0) is 0 Å². The maximum absolute atomic E-state index is 2.26. The van der Waals surface area contributed by atoms with Gasteiger partial charge in [0.25, 0.3) is 0 Å². The van der Waals surface area contributed by atoms with Gasteiger partial charge in [-0.2, -0.15) is 0 Å². The van der Waals surface area contributed by atoms with Crippen molar-refractivity contribution in [1.82, 2.24) is 0 Å². The van der Waals surface area contributed by atoms with Crippen molar-refractivity contribution in [3.8, 4) is 10.4 Å². The van der Waals surface area contributed by atoms with Crippen LogP contribution in [0.25, 0.3) is 31.3 Å². The van der Waals surface area contributed by atoms with Gasteiger partial charge in [-0.25, -0.2) is 0 Å². The van der Waals surface area contributed by atoms with Crippen molar-refractivity contribution in [2.75, 3.05) is 0 Å². The number of hydrogen-bond donors (Lipinski definition) is 0. The summed E-state index contributed by atoms with van der Waals surface area (Å²) in [7, 11) is 0. The summed E-state index contributed by atoms with van der Waals surface area (Å²) < 4.78 is 1.38. The number of hydrogen-bond acceptors (Lipinski definition) is 2. The van der Waals surface area contributed by atoms with Crippen LogP contribution in [0.3, 0.4) is 0 Å². The number of rotatable bonds is 0. The first-order valence-corrected chi connectivity index (χ1v) is 8.26. The Hall–Kier alpha value is -1.77. The molecule has 0 fully saturated rings. The predicted molar refractivity (Wildman–Crippen MR) is 88.9 cm³/mol. The van der Waals surface area contributed by atoms with E-state index < -0.39 is 0 Å². The SMILES string of the molecule is c1cc2c3c(cccc3c1)-c1sc3ccccc3c1S2. The summed E-state index contributed by atoms with van der Waals surface area (Å²) in [6, 6.07) is 22.0. The quantitative estimate of drug-likeness (QED) is 0.328. The molecule has 20 heavy (non-hydrogen) atoms. The van der Waals surface area contributed by atoms with E-state index in [0.717, 1.165) is 0 Å². The van der Waals surface area contributed by atoms with E-state index in [9.17, 15) is 0 Å². The second-order valence-electron chi connectivity index (χ2n) is 5.02. The molecule has 0 unspecified atom stereocenters. The van der Waals surface area contributed by atoms with E-state index in [1.807, 2.05) is 23.1 Å². The molecule has 5 rings (SSSR count). The lowest BCUT2D eigenvalue weighted by Crippen LogP contribution is -1.88. The van der Waals surface area contributed by atoms with Gasteiger partial charge >= 0.3 is 0 Å². The van der Waals surface area contributed by atoms with Gasteiger partial charge < -0.3 is 0 Å². The van der Waals surface area contributed by atoms with Crippen LogP contribution >= 0.6 is 23.1 Å². The van der Waals surface area contributed by atoms with Gasteiger partial charge in [0.1, 0.15) is 0 Å². The lowest BCUT2D eigenvalue weighted by Gasteiger charge is -2.17. The molecular weight excluding hydrogens is 280 g/mol. The van der Waals surface area contributed by atoms with Crippen LogP contribution in [0, 0.1) is 0 Å². The topological polar surface area (TPSA) is 0 Å². The number of benzene rings is 3. The van der Waals surface area contributed by atoms with Crippen LogP contribution in [0.15, 0.2) is 70.5 Å². The molecule has 0 nitrogen and oxygen atoms in total. The molecule has 3 aromatic carbocycles. The molecule has 1 aromatic heterocycles. The molecule has 0 saturated carbocycles. The zero-order valence-electron chi connectivity index (χ0n) is 10.6. The lowest BCUT2D eigenvalue weighted by molar-refractivity contribution is 1.48. The molecule has 94 valence electrons. The van der Waals surface area contributed by atoms with E-state index in [0.29, 0.717) is 0 Å². The fraction of sp³-hybridized carbons (Fsp3) is 0. The van der Waals surface area contributed by atoms with Gasteiger partial charge in [0.2, 0.25) is 0 Å². The summed E-state index contributed by atoms with van der Waals surface area (Å²) in [6.45, 7) is 0. The van der Waals surface area contributed by atoms with Gasteiger partial charge in [0.05, 0.1) is 4.88 Å². The average molecular weight is 290 g/mol. The van der Waals surface area contributed by atoms with Gasteiger partial charge in [-0.05, 0) is 17.5 Å². The summed E-state index contributed by atoms with van der Waals surface area (Å²) in [5.74, 6) is 0. The molecule has 2 heteroatoms. The second kappa shape index (κ2) is 3.87. The number of fused-ring (bicyclic) bond motifs is 4. The van der Waals surface area contributed by atoms with Crippen molar-refractivity contribution in [3.63, 3.8) is 0 Å². The Morgan fingerprint density at radius 1 is 0.750 bits per heavy atom. The molecule has 1 aliphatic rings. The van der Waals surface area contributed by atoms with Crippen LogP contribution < -0.4 is 0 Å². The molecule has 0 aliphatic carbocycles. The summed E-state index contributed by atoms with van der Waals surface area (Å²) >= 11 is 3.84. The van der Waals surface area contributed by atoms with E-state index in [2.05, 4.69) is 60.7 Å². The maximum atomic E-state index is 2.26. The van der Waals surface area contributed by atoms with Gasteiger partial charge in [0.15, 0.2) is 0 Å². The fourth-order valence-electron chi connectivity index (χ4n) is 2.99. The average Bonchev–Trinajstić information content (AvgIpc) is 2.87. The molecule has 0 spiro atoms. The highest BCUT2D eigenvalue weighted by molar-refractivity contribution is 8.00. The van der Waals surface area contributed by atoms with Crippen molar-refractivity contribution in [2.45, 2.75) is 9.79 Å². The zero-order valence-corrected chi connectivity index (χ0v) is 12.2. The van der Waals surface area contributed by atoms with Crippen LogP contribution in [-0.4, -0.2) is 0 Å². The first kappa shape index (κ1) is 11.0. The smallest absolute Gasteiger partial charge is 0.0501 e. The van der Waals surface area contributed by atoms with Crippen molar-refractivity contribution in [1.29, 1.82) is 0 Å². The third-order valence-corrected chi connectivity index (χ3v) is 6.39. The Bertz CT molecular complexity index is 974. The Labute approximate surface area is 125 Å². The Balaban J connectivity index is 2.00. The van der Waals surface area contributed by atoms with Gasteiger partial charge in [-0.15, -0.1) is 11.3 Å². The third kappa shape index (κ3) is 1.33. The first-order valence-electron chi connectivity index (χ1n) is 6.63. The molecule has 0 radical (unpaired) electrons. The van der Waals surface area contributed by atoms with Gasteiger partial charge in [0, 0.05) is 30.8 Å². The third-order valence-electron chi connectivity index (χ3n) is 3.87. The minimum absolute atomic E-state index is 1.34. The van der Waals surface area contributed by atoms with Gasteiger partial charge in [-0.3, -0.25) is 0 Å². The van der Waals surface area contributed by atoms with E-state index >= 15 is 0 Å². The van der Waals surface area contributed by atoms with Crippen molar-refractivity contribution in [3.05, 3.63) is 60.7 Å². The highest BCUT2D eigenvalue weighted by Gasteiger charge is 2.22. The van der Waals surface area contributed by atoms with E-state index in [1.165, 1.54) is 41.1 Å².